The summed E-state index contributed by atoms with van der Waals surface area (Å²) < 4.78 is 0. The zero-order chi connectivity index (χ0) is 16.2. The predicted octanol–water partition coefficient (Wildman–Crippen LogP) is 1.72. The number of imide groups is 1. The van der Waals surface area contributed by atoms with E-state index in [1.165, 1.54) is 11.0 Å². The van der Waals surface area contributed by atoms with Gasteiger partial charge >= 0.3 is 0 Å². The van der Waals surface area contributed by atoms with Crippen molar-refractivity contribution in [2.45, 2.75) is 39.7 Å². The molecule has 1 saturated heterocycles. The molecule has 0 bridgehead atoms. The van der Waals surface area contributed by atoms with Gasteiger partial charge in [-0.05, 0) is 18.9 Å². The van der Waals surface area contributed by atoms with E-state index in [4.69, 9.17) is 0 Å². The first kappa shape index (κ1) is 16.9. The Bertz CT molecular complexity index is 532. The maximum absolute atomic E-state index is 12.3. The van der Waals surface area contributed by atoms with Gasteiger partial charge < -0.3 is 4.90 Å². The summed E-state index contributed by atoms with van der Waals surface area (Å²) >= 11 is 0. The van der Waals surface area contributed by atoms with E-state index in [0.29, 0.717) is 18.5 Å². The summed E-state index contributed by atoms with van der Waals surface area (Å²) in [5.41, 5.74) is 2.10. The van der Waals surface area contributed by atoms with Crippen LogP contribution in [0.15, 0.2) is 36.0 Å². The SMILES string of the molecule is C=CC1=C(C(=C)C)CN(C2CCC(=O)NC2=O)C1=O.CC. The molecule has 2 aliphatic heterocycles. The molecule has 2 heterocycles. The molecular formula is C16H22N2O3. The van der Waals surface area contributed by atoms with Crippen LogP contribution in [0.3, 0.4) is 0 Å². The Morgan fingerprint density at radius 1 is 1.33 bits per heavy atom. The number of carbonyl (C=O) groups is 3. The van der Waals surface area contributed by atoms with Crippen LogP contribution in [-0.2, 0) is 14.4 Å². The molecule has 3 amide bonds. The van der Waals surface area contributed by atoms with E-state index in [1.807, 2.05) is 20.8 Å². The summed E-state index contributed by atoms with van der Waals surface area (Å²) in [5.74, 6) is -0.914. The number of hydrogen-bond acceptors (Lipinski definition) is 3. The van der Waals surface area contributed by atoms with Gasteiger partial charge in [0.25, 0.3) is 5.91 Å². The number of rotatable bonds is 3. The summed E-state index contributed by atoms with van der Waals surface area (Å²) in [6.07, 6.45) is 2.12. The average molecular weight is 290 g/mol. The lowest BCUT2D eigenvalue weighted by molar-refractivity contribution is -0.142. The standard InChI is InChI=1S/C14H16N2O3.C2H6/c1-4-9-10(8(2)3)7-16(14(9)19)11-5-6-12(17)15-13(11)18;1-2/h4,11H,1-2,5-7H2,3H3,(H,15,17,18);1-2H3. The lowest BCUT2D eigenvalue weighted by atomic mass is 10.0. The fraction of sp³-hybridized carbons (Fsp3) is 0.438. The Hall–Kier alpha value is -2.17. The number of carbonyl (C=O) groups excluding carboxylic acids is 3. The number of nitrogens with one attached hydrogen (secondary N) is 1. The maximum Gasteiger partial charge on any atom is 0.255 e. The first-order chi connectivity index (χ1) is 9.95. The molecule has 1 atom stereocenters. The van der Waals surface area contributed by atoms with E-state index in [2.05, 4.69) is 18.5 Å². The molecule has 2 rings (SSSR count). The molecule has 0 aliphatic carbocycles. The van der Waals surface area contributed by atoms with Gasteiger partial charge in [0.05, 0.1) is 0 Å². The van der Waals surface area contributed by atoms with Gasteiger partial charge in [-0.15, -0.1) is 0 Å². The highest BCUT2D eigenvalue weighted by Gasteiger charge is 2.39. The minimum atomic E-state index is -0.586. The second kappa shape index (κ2) is 7.02. The van der Waals surface area contributed by atoms with Crippen LogP contribution < -0.4 is 5.32 Å². The van der Waals surface area contributed by atoms with Crippen LogP contribution >= 0.6 is 0 Å². The van der Waals surface area contributed by atoms with Gasteiger partial charge in [0, 0.05) is 18.5 Å². The van der Waals surface area contributed by atoms with Gasteiger partial charge in [-0.3, -0.25) is 19.7 Å². The van der Waals surface area contributed by atoms with Gasteiger partial charge in [0.1, 0.15) is 6.04 Å². The Labute approximate surface area is 125 Å². The first-order valence-electron chi connectivity index (χ1n) is 7.11. The summed E-state index contributed by atoms with van der Waals surface area (Å²) in [6.45, 7) is 13.6. The first-order valence-corrected chi connectivity index (χ1v) is 7.11. The zero-order valence-corrected chi connectivity index (χ0v) is 12.9. The number of hydrogen-bond donors (Lipinski definition) is 1. The van der Waals surface area contributed by atoms with Gasteiger partial charge in [-0.2, -0.15) is 0 Å². The predicted molar refractivity (Wildman–Crippen MR) is 81.3 cm³/mol. The van der Waals surface area contributed by atoms with E-state index in [1.54, 1.807) is 0 Å². The molecule has 1 unspecified atom stereocenters. The lowest BCUT2D eigenvalue weighted by Gasteiger charge is -2.29. The van der Waals surface area contributed by atoms with E-state index in [-0.39, 0.29) is 18.2 Å². The summed E-state index contributed by atoms with van der Waals surface area (Å²) in [4.78, 5) is 36.7. The van der Waals surface area contributed by atoms with Crippen molar-refractivity contribution in [2.24, 2.45) is 0 Å². The van der Waals surface area contributed by atoms with Crippen LogP contribution in [0, 0.1) is 0 Å². The molecule has 1 fully saturated rings. The van der Waals surface area contributed by atoms with E-state index < -0.39 is 11.9 Å². The molecule has 0 saturated carbocycles. The third-order valence-electron chi connectivity index (χ3n) is 3.45. The number of nitrogens with zero attached hydrogens (tertiary/aromatic N) is 1. The van der Waals surface area contributed by atoms with Crippen molar-refractivity contribution < 1.29 is 14.4 Å². The van der Waals surface area contributed by atoms with Crippen LogP contribution in [0.5, 0.6) is 0 Å². The number of amides is 3. The highest BCUT2D eigenvalue weighted by atomic mass is 16.2. The third-order valence-corrected chi connectivity index (χ3v) is 3.45. The lowest BCUT2D eigenvalue weighted by Crippen LogP contribution is -2.53. The fourth-order valence-electron chi connectivity index (χ4n) is 2.42. The molecule has 0 aromatic heterocycles. The largest absolute Gasteiger partial charge is 0.322 e. The second-order valence-electron chi connectivity index (χ2n) is 4.78. The van der Waals surface area contributed by atoms with Gasteiger partial charge in [0.15, 0.2) is 0 Å². The normalized spacial score (nSPS) is 21.8. The van der Waals surface area contributed by atoms with Crippen LogP contribution in [-0.4, -0.2) is 35.2 Å². The van der Waals surface area contributed by atoms with Crippen molar-refractivity contribution >= 4 is 17.7 Å². The van der Waals surface area contributed by atoms with Crippen molar-refractivity contribution in [3.05, 3.63) is 36.0 Å². The summed E-state index contributed by atoms with van der Waals surface area (Å²) in [6, 6.07) is -0.586. The topological polar surface area (TPSA) is 66.5 Å². The molecule has 2 aliphatic rings. The average Bonchev–Trinajstić information content (AvgIpc) is 2.78. The zero-order valence-electron chi connectivity index (χ0n) is 12.9. The summed E-state index contributed by atoms with van der Waals surface area (Å²) in [5, 5.41) is 2.27. The Morgan fingerprint density at radius 3 is 2.38 bits per heavy atom. The van der Waals surface area contributed by atoms with Crippen molar-refractivity contribution in [1.82, 2.24) is 10.2 Å². The van der Waals surface area contributed by atoms with E-state index in [0.717, 1.165) is 11.1 Å². The molecule has 21 heavy (non-hydrogen) atoms. The Balaban J connectivity index is 0.00000106. The molecule has 5 heteroatoms. The minimum absolute atomic E-state index is 0.220. The molecule has 5 nitrogen and oxygen atoms in total. The Kier molecular flexibility index (Phi) is 5.64. The van der Waals surface area contributed by atoms with E-state index >= 15 is 0 Å². The molecular weight excluding hydrogens is 268 g/mol. The van der Waals surface area contributed by atoms with E-state index in [9.17, 15) is 14.4 Å². The van der Waals surface area contributed by atoms with Gasteiger partial charge in [0.2, 0.25) is 11.8 Å². The van der Waals surface area contributed by atoms with Crippen molar-refractivity contribution in [3.8, 4) is 0 Å². The van der Waals surface area contributed by atoms with Gasteiger partial charge in [-0.25, -0.2) is 0 Å². The second-order valence-corrected chi connectivity index (χ2v) is 4.78. The fourth-order valence-corrected chi connectivity index (χ4v) is 2.42. The third kappa shape index (κ3) is 3.29. The highest BCUT2D eigenvalue weighted by Crippen LogP contribution is 2.28. The van der Waals surface area contributed by atoms with Crippen LogP contribution in [0.2, 0.25) is 0 Å². The highest BCUT2D eigenvalue weighted by molar-refractivity contribution is 6.06. The molecule has 0 radical (unpaired) electrons. The number of piperidine rings is 1. The quantitative estimate of drug-likeness (QED) is 0.805. The van der Waals surface area contributed by atoms with Crippen LogP contribution in [0.4, 0.5) is 0 Å². The Morgan fingerprint density at radius 2 is 1.95 bits per heavy atom. The molecule has 0 spiro atoms. The summed E-state index contributed by atoms with van der Waals surface area (Å²) in [7, 11) is 0. The van der Waals surface area contributed by atoms with Crippen LogP contribution in [0.25, 0.3) is 0 Å². The molecule has 0 aromatic rings. The smallest absolute Gasteiger partial charge is 0.255 e. The van der Waals surface area contributed by atoms with Crippen molar-refractivity contribution in [1.29, 1.82) is 0 Å². The monoisotopic (exact) mass is 290 g/mol. The van der Waals surface area contributed by atoms with Crippen LogP contribution in [0.1, 0.15) is 33.6 Å². The molecule has 1 N–H and O–H groups in total. The minimum Gasteiger partial charge on any atom is -0.322 e. The van der Waals surface area contributed by atoms with Crippen molar-refractivity contribution in [3.63, 3.8) is 0 Å². The molecule has 0 aromatic carbocycles. The van der Waals surface area contributed by atoms with Crippen molar-refractivity contribution in [2.75, 3.05) is 6.54 Å². The maximum atomic E-state index is 12.3. The van der Waals surface area contributed by atoms with Gasteiger partial charge in [-0.1, -0.05) is 38.7 Å². The molecule has 114 valence electrons.